The number of rotatable bonds is 6. The number of anilines is 1. The zero-order valence-corrected chi connectivity index (χ0v) is 16.2. The molecule has 3 rings (SSSR count). The predicted octanol–water partition coefficient (Wildman–Crippen LogP) is 3.86. The number of aryl methyl sites for hydroxylation is 1. The van der Waals surface area contributed by atoms with Crippen LogP contribution in [-0.4, -0.2) is 15.4 Å². The van der Waals surface area contributed by atoms with Gasteiger partial charge in [0, 0.05) is 17.3 Å². The fourth-order valence-electron chi connectivity index (χ4n) is 3.14. The summed E-state index contributed by atoms with van der Waals surface area (Å²) in [6, 6.07) is 18.9. The van der Waals surface area contributed by atoms with Gasteiger partial charge in [0.2, 0.25) is 5.91 Å². The van der Waals surface area contributed by atoms with Gasteiger partial charge in [-0.3, -0.25) is 24.3 Å². The Kier molecular flexibility index (Phi) is 5.87. The monoisotopic (exact) mass is 391 g/mol. The molecular formula is C22H21N3O4. The van der Waals surface area contributed by atoms with Gasteiger partial charge in [-0.25, -0.2) is 0 Å². The largest absolute Gasteiger partial charge is 0.306 e. The second-order valence-electron chi connectivity index (χ2n) is 6.77. The number of para-hydroxylation sites is 1. The average molecular weight is 391 g/mol. The van der Waals surface area contributed by atoms with Crippen LogP contribution in [0.25, 0.3) is 0 Å². The van der Waals surface area contributed by atoms with Crippen molar-refractivity contribution in [2.24, 2.45) is 0 Å². The first-order chi connectivity index (χ1) is 13.9. The molecule has 0 spiro atoms. The van der Waals surface area contributed by atoms with E-state index in [0.717, 1.165) is 16.3 Å². The van der Waals surface area contributed by atoms with Crippen molar-refractivity contribution in [3.8, 4) is 0 Å². The van der Waals surface area contributed by atoms with Gasteiger partial charge in [0.25, 0.3) is 11.2 Å². The standard InChI is InChI=1S/C22H21N3O4/c1-16-13-21(26)23(15-20(16)25(28)29)17(2)22(27)24(19-11-7-4-8-12-19)14-18-9-5-3-6-10-18/h3-13,15,17H,14H2,1-2H3. The van der Waals surface area contributed by atoms with Crippen molar-refractivity contribution >= 4 is 17.3 Å². The van der Waals surface area contributed by atoms with Gasteiger partial charge in [-0.05, 0) is 31.5 Å². The minimum Gasteiger partial charge on any atom is -0.306 e. The average Bonchev–Trinajstić information content (AvgIpc) is 2.72. The number of aromatic nitrogens is 1. The van der Waals surface area contributed by atoms with Gasteiger partial charge in [0.15, 0.2) is 0 Å². The number of benzene rings is 2. The fourth-order valence-corrected chi connectivity index (χ4v) is 3.14. The third-order valence-corrected chi connectivity index (χ3v) is 4.75. The predicted molar refractivity (Wildman–Crippen MR) is 111 cm³/mol. The molecule has 7 heteroatoms. The van der Waals surface area contributed by atoms with Crippen molar-refractivity contribution in [2.75, 3.05) is 4.90 Å². The van der Waals surface area contributed by atoms with Gasteiger partial charge in [0.1, 0.15) is 6.04 Å². The van der Waals surface area contributed by atoms with Crippen LogP contribution in [0.15, 0.2) is 77.7 Å². The molecule has 1 unspecified atom stereocenters. The number of hydrogen-bond acceptors (Lipinski definition) is 4. The maximum Gasteiger partial charge on any atom is 0.288 e. The third kappa shape index (κ3) is 4.40. The molecule has 0 aliphatic heterocycles. The highest BCUT2D eigenvalue weighted by Crippen LogP contribution is 2.23. The zero-order chi connectivity index (χ0) is 21.0. The van der Waals surface area contributed by atoms with Gasteiger partial charge in [-0.2, -0.15) is 0 Å². The Morgan fingerprint density at radius 3 is 2.28 bits per heavy atom. The summed E-state index contributed by atoms with van der Waals surface area (Å²) in [5.74, 6) is -0.333. The molecule has 7 nitrogen and oxygen atoms in total. The van der Waals surface area contributed by atoms with E-state index in [1.807, 2.05) is 60.7 Å². The van der Waals surface area contributed by atoms with Crippen LogP contribution in [0, 0.1) is 17.0 Å². The summed E-state index contributed by atoms with van der Waals surface area (Å²) in [6.45, 7) is 3.39. The number of amides is 1. The Morgan fingerprint density at radius 1 is 1.10 bits per heavy atom. The summed E-state index contributed by atoms with van der Waals surface area (Å²) in [6.07, 6.45) is 1.14. The quantitative estimate of drug-likeness (QED) is 0.472. The molecule has 1 aromatic heterocycles. The Bertz CT molecular complexity index is 1080. The normalized spacial score (nSPS) is 11.7. The van der Waals surface area contributed by atoms with Gasteiger partial charge in [-0.15, -0.1) is 0 Å². The van der Waals surface area contributed by atoms with Gasteiger partial charge >= 0.3 is 0 Å². The smallest absolute Gasteiger partial charge is 0.288 e. The van der Waals surface area contributed by atoms with Crippen molar-refractivity contribution in [1.82, 2.24) is 4.57 Å². The van der Waals surface area contributed by atoms with E-state index in [1.165, 1.54) is 13.0 Å². The topological polar surface area (TPSA) is 85.5 Å². The first-order valence-corrected chi connectivity index (χ1v) is 9.16. The van der Waals surface area contributed by atoms with E-state index in [-0.39, 0.29) is 17.2 Å². The molecule has 3 aromatic rings. The van der Waals surface area contributed by atoms with E-state index in [4.69, 9.17) is 0 Å². The molecule has 1 heterocycles. The number of carbonyl (C=O) groups excluding carboxylic acids is 1. The van der Waals surface area contributed by atoms with Crippen molar-refractivity contribution in [2.45, 2.75) is 26.4 Å². The highest BCUT2D eigenvalue weighted by Gasteiger charge is 2.26. The maximum atomic E-state index is 13.4. The molecule has 29 heavy (non-hydrogen) atoms. The molecule has 0 saturated carbocycles. The van der Waals surface area contributed by atoms with Crippen LogP contribution in [0.1, 0.15) is 24.1 Å². The van der Waals surface area contributed by atoms with Crippen molar-refractivity contribution in [3.05, 3.63) is 105 Å². The first kappa shape index (κ1) is 20.0. The summed E-state index contributed by atoms with van der Waals surface area (Å²) in [4.78, 5) is 38.1. The second kappa shape index (κ2) is 8.52. The van der Waals surface area contributed by atoms with Gasteiger partial charge in [-0.1, -0.05) is 48.5 Å². The molecule has 1 atom stereocenters. The maximum absolute atomic E-state index is 13.4. The summed E-state index contributed by atoms with van der Waals surface area (Å²) in [5.41, 5.74) is 1.22. The highest BCUT2D eigenvalue weighted by atomic mass is 16.6. The lowest BCUT2D eigenvalue weighted by atomic mass is 10.1. The molecule has 0 N–H and O–H groups in total. The third-order valence-electron chi connectivity index (χ3n) is 4.75. The number of carbonyl (C=O) groups is 1. The molecule has 1 amide bonds. The van der Waals surface area contributed by atoms with Crippen LogP contribution in [0.4, 0.5) is 11.4 Å². The van der Waals surface area contributed by atoms with Crippen LogP contribution in [-0.2, 0) is 11.3 Å². The van der Waals surface area contributed by atoms with E-state index in [1.54, 1.807) is 11.8 Å². The Hall–Kier alpha value is -3.74. The highest BCUT2D eigenvalue weighted by molar-refractivity contribution is 5.95. The van der Waals surface area contributed by atoms with E-state index in [2.05, 4.69) is 0 Å². The van der Waals surface area contributed by atoms with Gasteiger partial charge < -0.3 is 4.90 Å². The molecule has 0 aliphatic carbocycles. The molecule has 148 valence electrons. The SMILES string of the molecule is Cc1cc(=O)n(C(C)C(=O)N(Cc2ccccc2)c2ccccc2)cc1[N+](=O)[O-]. The van der Waals surface area contributed by atoms with Crippen LogP contribution >= 0.6 is 0 Å². The Balaban J connectivity index is 2.01. The molecule has 0 saturated heterocycles. The summed E-state index contributed by atoms with van der Waals surface area (Å²) >= 11 is 0. The van der Waals surface area contributed by atoms with Crippen LogP contribution in [0.5, 0.6) is 0 Å². The van der Waals surface area contributed by atoms with Gasteiger partial charge in [0.05, 0.1) is 17.7 Å². The second-order valence-corrected chi connectivity index (χ2v) is 6.77. The van der Waals surface area contributed by atoms with Crippen molar-refractivity contribution in [1.29, 1.82) is 0 Å². The Morgan fingerprint density at radius 2 is 1.69 bits per heavy atom. The lowest BCUT2D eigenvalue weighted by Crippen LogP contribution is -2.39. The first-order valence-electron chi connectivity index (χ1n) is 9.16. The molecular weight excluding hydrogens is 370 g/mol. The summed E-state index contributed by atoms with van der Waals surface area (Å²) < 4.78 is 1.12. The lowest BCUT2D eigenvalue weighted by Gasteiger charge is -2.27. The van der Waals surface area contributed by atoms with E-state index < -0.39 is 16.5 Å². The van der Waals surface area contributed by atoms with Crippen LogP contribution in [0.2, 0.25) is 0 Å². The summed E-state index contributed by atoms with van der Waals surface area (Å²) in [5, 5.41) is 11.3. The fraction of sp³-hybridized carbons (Fsp3) is 0.182. The zero-order valence-electron chi connectivity index (χ0n) is 16.2. The summed E-state index contributed by atoms with van der Waals surface area (Å²) in [7, 11) is 0. The van der Waals surface area contributed by atoms with Crippen molar-refractivity contribution < 1.29 is 9.72 Å². The lowest BCUT2D eigenvalue weighted by molar-refractivity contribution is -0.386. The molecule has 0 aliphatic rings. The minimum atomic E-state index is -0.911. The minimum absolute atomic E-state index is 0.196. The Labute approximate surface area is 168 Å². The van der Waals surface area contributed by atoms with E-state index in [9.17, 15) is 19.7 Å². The molecule has 0 bridgehead atoms. The van der Waals surface area contributed by atoms with E-state index >= 15 is 0 Å². The molecule has 0 fully saturated rings. The molecule has 0 radical (unpaired) electrons. The molecule has 2 aromatic carbocycles. The van der Waals surface area contributed by atoms with Crippen LogP contribution in [0.3, 0.4) is 0 Å². The number of nitrogens with zero attached hydrogens (tertiary/aromatic N) is 3. The van der Waals surface area contributed by atoms with Crippen molar-refractivity contribution in [3.63, 3.8) is 0 Å². The van der Waals surface area contributed by atoms with Crippen LogP contribution < -0.4 is 10.5 Å². The number of pyridine rings is 1. The van der Waals surface area contributed by atoms with E-state index in [0.29, 0.717) is 12.2 Å². The number of nitro groups is 1. The number of hydrogen-bond donors (Lipinski definition) is 0.